The van der Waals surface area contributed by atoms with E-state index in [1.165, 1.54) is 0 Å². The molecule has 6 nitrogen and oxygen atoms in total. The van der Waals surface area contributed by atoms with Gasteiger partial charge >= 0.3 is 0 Å². The van der Waals surface area contributed by atoms with Crippen molar-refractivity contribution in [3.8, 4) is 5.75 Å². The summed E-state index contributed by atoms with van der Waals surface area (Å²) in [6, 6.07) is 13.1. The predicted molar refractivity (Wildman–Crippen MR) is 88.7 cm³/mol. The van der Waals surface area contributed by atoms with Crippen molar-refractivity contribution in [2.45, 2.75) is 13.2 Å². The standard InChI is InChI=1S/C15H13Cl2N5O/c16-13-5-2-6-14(17)12(13)9-23-11-4-1-3-10(7-11)8-18-15-19-21-22-20-15/h1-7H,8-9H2,(H2,18,19,20,21,22). The molecule has 1 aromatic heterocycles. The first-order valence-electron chi connectivity index (χ1n) is 6.84. The number of rotatable bonds is 6. The topological polar surface area (TPSA) is 75.7 Å². The molecule has 0 saturated heterocycles. The van der Waals surface area contributed by atoms with E-state index in [0.717, 1.165) is 16.9 Å². The van der Waals surface area contributed by atoms with Crippen molar-refractivity contribution in [1.29, 1.82) is 0 Å². The van der Waals surface area contributed by atoms with Crippen LogP contribution in [0.3, 0.4) is 0 Å². The SMILES string of the molecule is Clc1cccc(Cl)c1COc1cccc(CNc2nn[nH]n2)c1. The van der Waals surface area contributed by atoms with E-state index in [9.17, 15) is 0 Å². The molecule has 2 N–H and O–H groups in total. The predicted octanol–water partition coefficient (Wildman–Crippen LogP) is 3.70. The van der Waals surface area contributed by atoms with Gasteiger partial charge in [-0.3, -0.25) is 0 Å². The van der Waals surface area contributed by atoms with Crippen molar-refractivity contribution >= 4 is 29.2 Å². The molecule has 118 valence electrons. The van der Waals surface area contributed by atoms with Crippen molar-refractivity contribution in [3.05, 3.63) is 63.6 Å². The molecule has 0 aliphatic rings. The molecule has 0 radical (unpaired) electrons. The molecule has 2 aromatic carbocycles. The van der Waals surface area contributed by atoms with Crippen LogP contribution in [0, 0.1) is 0 Å². The summed E-state index contributed by atoms with van der Waals surface area (Å²) in [7, 11) is 0. The molecule has 0 aliphatic carbocycles. The summed E-state index contributed by atoms with van der Waals surface area (Å²) < 4.78 is 5.78. The third-order valence-electron chi connectivity index (χ3n) is 3.14. The van der Waals surface area contributed by atoms with Gasteiger partial charge in [0.2, 0.25) is 0 Å². The van der Waals surface area contributed by atoms with Crippen molar-refractivity contribution in [3.63, 3.8) is 0 Å². The molecule has 0 amide bonds. The first-order chi connectivity index (χ1) is 11.2. The largest absolute Gasteiger partial charge is 0.489 e. The van der Waals surface area contributed by atoms with Gasteiger partial charge in [-0.15, -0.1) is 5.10 Å². The lowest BCUT2D eigenvalue weighted by Gasteiger charge is -2.10. The van der Waals surface area contributed by atoms with Crippen LogP contribution in [-0.4, -0.2) is 20.6 Å². The number of nitrogens with one attached hydrogen (secondary N) is 2. The Balaban J connectivity index is 1.63. The minimum absolute atomic E-state index is 0.306. The zero-order valence-electron chi connectivity index (χ0n) is 12.0. The molecule has 0 aliphatic heterocycles. The maximum atomic E-state index is 6.14. The Bertz CT molecular complexity index is 759. The Morgan fingerprint density at radius 3 is 2.61 bits per heavy atom. The zero-order chi connectivity index (χ0) is 16.1. The van der Waals surface area contributed by atoms with Gasteiger partial charge < -0.3 is 10.1 Å². The normalized spacial score (nSPS) is 10.5. The Kier molecular flexibility index (Phi) is 4.95. The average Bonchev–Trinajstić information content (AvgIpc) is 3.06. The number of halogens is 2. The van der Waals surface area contributed by atoms with Crippen LogP contribution in [0.5, 0.6) is 5.75 Å². The molecule has 0 atom stereocenters. The summed E-state index contributed by atoms with van der Waals surface area (Å²) in [6.07, 6.45) is 0. The third kappa shape index (κ3) is 4.12. The number of H-pyrrole nitrogens is 1. The fourth-order valence-corrected chi connectivity index (χ4v) is 2.50. The zero-order valence-corrected chi connectivity index (χ0v) is 13.5. The number of hydrogen-bond donors (Lipinski definition) is 2. The number of aromatic nitrogens is 4. The highest BCUT2D eigenvalue weighted by Crippen LogP contribution is 2.26. The van der Waals surface area contributed by atoms with Crippen LogP contribution in [0.2, 0.25) is 10.0 Å². The molecule has 0 saturated carbocycles. The van der Waals surface area contributed by atoms with Gasteiger partial charge in [0, 0.05) is 22.2 Å². The van der Waals surface area contributed by atoms with E-state index in [-0.39, 0.29) is 0 Å². The van der Waals surface area contributed by atoms with E-state index >= 15 is 0 Å². The number of tetrazole rings is 1. The minimum atomic E-state index is 0.306. The number of nitrogens with zero attached hydrogens (tertiary/aromatic N) is 3. The van der Waals surface area contributed by atoms with E-state index in [2.05, 4.69) is 25.9 Å². The molecule has 0 unspecified atom stereocenters. The van der Waals surface area contributed by atoms with Gasteiger partial charge in [0.15, 0.2) is 0 Å². The lowest BCUT2D eigenvalue weighted by atomic mass is 10.2. The average molecular weight is 350 g/mol. The van der Waals surface area contributed by atoms with Gasteiger partial charge in [0.1, 0.15) is 12.4 Å². The van der Waals surface area contributed by atoms with Crippen LogP contribution in [0.1, 0.15) is 11.1 Å². The summed E-state index contributed by atoms with van der Waals surface area (Å²) >= 11 is 12.3. The third-order valence-corrected chi connectivity index (χ3v) is 3.85. The van der Waals surface area contributed by atoms with Gasteiger partial charge in [-0.05, 0) is 35.0 Å². The van der Waals surface area contributed by atoms with E-state index < -0.39 is 0 Å². The molecule has 8 heteroatoms. The molecule has 23 heavy (non-hydrogen) atoms. The number of anilines is 1. The van der Waals surface area contributed by atoms with Crippen molar-refractivity contribution in [2.75, 3.05) is 5.32 Å². The summed E-state index contributed by atoms with van der Waals surface area (Å²) in [4.78, 5) is 0. The number of benzene rings is 2. The van der Waals surface area contributed by atoms with Gasteiger partial charge in [-0.2, -0.15) is 5.21 Å². The monoisotopic (exact) mass is 349 g/mol. The van der Waals surface area contributed by atoms with Crippen molar-refractivity contribution < 1.29 is 4.74 Å². The van der Waals surface area contributed by atoms with Crippen LogP contribution in [0.25, 0.3) is 0 Å². The van der Waals surface area contributed by atoms with Crippen molar-refractivity contribution in [2.24, 2.45) is 0 Å². The highest BCUT2D eigenvalue weighted by atomic mass is 35.5. The van der Waals surface area contributed by atoms with Crippen molar-refractivity contribution in [1.82, 2.24) is 20.6 Å². The maximum absolute atomic E-state index is 6.14. The van der Waals surface area contributed by atoms with Gasteiger partial charge in [-0.25, -0.2) is 0 Å². The quantitative estimate of drug-likeness (QED) is 0.709. The second kappa shape index (κ2) is 7.30. The molecule has 0 fully saturated rings. The first-order valence-corrected chi connectivity index (χ1v) is 7.60. The first kappa shape index (κ1) is 15.6. The summed E-state index contributed by atoms with van der Waals surface area (Å²) in [6.45, 7) is 0.865. The summed E-state index contributed by atoms with van der Waals surface area (Å²) in [5.41, 5.74) is 1.80. The van der Waals surface area contributed by atoms with Crippen LogP contribution in [0.4, 0.5) is 5.95 Å². The smallest absolute Gasteiger partial charge is 0.263 e. The number of ether oxygens (including phenoxy) is 1. The summed E-state index contributed by atoms with van der Waals surface area (Å²) in [5.74, 6) is 1.17. The van der Waals surface area contributed by atoms with Crippen LogP contribution >= 0.6 is 23.2 Å². The fraction of sp³-hybridized carbons (Fsp3) is 0.133. The molecule has 1 heterocycles. The number of aromatic amines is 1. The molecular weight excluding hydrogens is 337 g/mol. The van der Waals surface area contributed by atoms with Gasteiger partial charge in [0.25, 0.3) is 5.95 Å². The number of hydrogen-bond acceptors (Lipinski definition) is 5. The molecule has 0 bridgehead atoms. The Labute approximate surface area is 142 Å². The van der Waals surface area contributed by atoms with Gasteiger partial charge in [-0.1, -0.05) is 46.5 Å². The molecule has 0 spiro atoms. The highest BCUT2D eigenvalue weighted by Gasteiger charge is 2.07. The molecule has 3 rings (SSSR count). The minimum Gasteiger partial charge on any atom is -0.489 e. The van der Waals surface area contributed by atoms with Crippen LogP contribution in [0.15, 0.2) is 42.5 Å². The Morgan fingerprint density at radius 1 is 1.09 bits per heavy atom. The molecular formula is C15H13Cl2N5O. The lowest BCUT2D eigenvalue weighted by Crippen LogP contribution is -2.02. The van der Waals surface area contributed by atoms with E-state index in [4.69, 9.17) is 27.9 Å². The Hall–Kier alpha value is -2.31. The maximum Gasteiger partial charge on any atom is 0.263 e. The molecule has 3 aromatic rings. The lowest BCUT2D eigenvalue weighted by molar-refractivity contribution is 0.306. The fourth-order valence-electron chi connectivity index (χ4n) is 1.99. The summed E-state index contributed by atoms with van der Waals surface area (Å²) in [5, 5.41) is 17.8. The van der Waals surface area contributed by atoms with E-state index in [0.29, 0.717) is 29.1 Å². The van der Waals surface area contributed by atoms with E-state index in [1.807, 2.05) is 24.3 Å². The highest BCUT2D eigenvalue weighted by molar-refractivity contribution is 6.35. The van der Waals surface area contributed by atoms with Crippen LogP contribution in [-0.2, 0) is 13.2 Å². The second-order valence-corrected chi connectivity index (χ2v) is 5.54. The van der Waals surface area contributed by atoms with Gasteiger partial charge in [0.05, 0.1) is 0 Å². The van der Waals surface area contributed by atoms with Crippen LogP contribution < -0.4 is 10.1 Å². The van der Waals surface area contributed by atoms with E-state index in [1.54, 1.807) is 18.2 Å². The Morgan fingerprint density at radius 2 is 1.87 bits per heavy atom. The second-order valence-electron chi connectivity index (χ2n) is 4.73.